The lowest BCUT2D eigenvalue weighted by Crippen LogP contribution is -2.52. The average Bonchev–Trinajstić information content (AvgIpc) is 1.38. The van der Waals surface area contributed by atoms with Crippen LogP contribution in [0.15, 0.2) is 238 Å². The van der Waals surface area contributed by atoms with Gasteiger partial charge in [-0.25, -0.2) is 0 Å². The summed E-state index contributed by atoms with van der Waals surface area (Å²) in [6.07, 6.45) is 8.59. The van der Waals surface area contributed by atoms with E-state index in [1.54, 1.807) is 0 Å². The highest BCUT2D eigenvalue weighted by Gasteiger charge is 2.40. The Labute approximate surface area is 521 Å². The maximum atomic E-state index is 7.18. The van der Waals surface area contributed by atoms with Gasteiger partial charge in [-0.2, -0.15) is 0 Å². The summed E-state index contributed by atoms with van der Waals surface area (Å²) in [6.45, 7) is 38.4. The number of hydrogen-bond donors (Lipinski definition) is 0. The summed E-state index contributed by atoms with van der Waals surface area (Å²) in [5.41, 5.74) is 25.1. The van der Waals surface area contributed by atoms with Crippen LogP contribution >= 0.6 is 0 Å². The van der Waals surface area contributed by atoms with Gasteiger partial charge in [0.2, 0.25) is 6.71 Å². The number of para-hydroxylation sites is 4. The van der Waals surface area contributed by atoms with Crippen LogP contribution in [0.4, 0.5) is 11.4 Å². The summed E-state index contributed by atoms with van der Waals surface area (Å²) >= 11 is 0. The van der Waals surface area contributed by atoms with Gasteiger partial charge in [0.1, 0.15) is 22.5 Å². The van der Waals surface area contributed by atoms with Crippen LogP contribution in [0.5, 0.6) is 0 Å². The molecule has 11 rings (SSSR count). The van der Waals surface area contributed by atoms with Crippen LogP contribution in [0.25, 0.3) is 44.0 Å². The molecular formula is C83H90BNO2. The van der Waals surface area contributed by atoms with Gasteiger partial charge >= 0.3 is 0 Å². The first-order valence-electron chi connectivity index (χ1n) is 31.4. The topological polar surface area (TPSA) is 29.5 Å². The molecule has 442 valence electrons. The fourth-order valence-corrected chi connectivity index (χ4v) is 12.6. The zero-order valence-electron chi connectivity index (χ0n) is 55.0. The van der Waals surface area contributed by atoms with Crippen molar-refractivity contribution in [2.24, 2.45) is 0 Å². The fourth-order valence-electron chi connectivity index (χ4n) is 12.6. The molecule has 10 aromatic rings. The molecule has 2 aromatic heterocycles. The molecule has 0 atom stereocenters. The third kappa shape index (κ3) is 13.3. The second-order valence-electron chi connectivity index (χ2n) is 28.3. The van der Waals surface area contributed by atoms with Crippen molar-refractivity contribution >= 4 is 61.9 Å². The van der Waals surface area contributed by atoms with Crippen molar-refractivity contribution < 1.29 is 8.83 Å². The third-order valence-corrected chi connectivity index (χ3v) is 17.5. The van der Waals surface area contributed by atoms with Gasteiger partial charge in [0.25, 0.3) is 0 Å². The minimum absolute atomic E-state index is 0.0391. The number of nitrogens with zero attached hydrogens (tertiary/aromatic N) is 1. The van der Waals surface area contributed by atoms with Gasteiger partial charge in [0.05, 0.1) is 5.69 Å². The number of fused-ring (bicyclic) bond motifs is 5. The minimum atomic E-state index is -0.115. The molecule has 0 saturated carbocycles. The molecule has 0 aliphatic carbocycles. The summed E-state index contributed by atoms with van der Waals surface area (Å²) in [6, 6.07) is 71.8. The molecule has 0 spiro atoms. The predicted molar refractivity (Wildman–Crippen MR) is 377 cm³/mol. The highest BCUT2D eigenvalue weighted by Crippen LogP contribution is 2.45. The van der Waals surface area contributed by atoms with Crippen LogP contribution in [0.3, 0.4) is 0 Å². The Bertz CT molecular complexity index is 4250. The number of furan rings is 1. The average molecular weight is 1140 g/mol. The molecular weight excluding hydrogens is 1050 g/mol. The van der Waals surface area contributed by atoms with Gasteiger partial charge in [0, 0.05) is 38.7 Å². The molecule has 0 bridgehead atoms. The third-order valence-electron chi connectivity index (χ3n) is 17.5. The number of rotatable bonds is 9. The monoisotopic (exact) mass is 1140 g/mol. The lowest BCUT2D eigenvalue weighted by Gasteiger charge is -2.41. The van der Waals surface area contributed by atoms with E-state index in [9.17, 15) is 0 Å². The molecule has 0 fully saturated rings. The van der Waals surface area contributed by atoms with Gasteiger partial charge in [-0.05, 0) is 143 Å². The van der Waals surface area contributed by atoms with E-state index in [-0.39, 0.29) is 28.4 Å². The molecule has 0 amide bonds. The Morgan fingerprint density at radius 2 is 0.989 bits per heavy atom. The Morgan fingerprint density at radius 1 is 0.448 bits per heavy atom. The van der Waals surface area contributed by atoms with Crippen molar-refractivity contribution in [3.05, 3.63) is 285 Å². The molecule has 0 N–H and O–H groups in total. The van der Waals surface area contributed by atoms with Crippen LogP contribution < -0.4 is 15.8 Å². The van der Waals surface area contributed by atoms with Crippen LogP contribution in [-0.4, -0.2) is 6.71 Å². The first-order chi connectivity index (χ1) is 41.3. The lowest BCUT2D eigenvalue weighted by atomic mass is 9.33. The molecule has 3 heterocycles. The maximum absolute atomic E-state index is 7.18. The van der Waals surface area contributed by atoms with E-state index in [1.165, 1.54) is 94.2 Å². The largest absolute Gasteiger partial charge is 0.460 e. The summed E-state index contributed by atoms with van der Waals surface area (Å²) in [4.78, 5) is 2.61. The van der Waals surface area contributed by atoms with Gasteiger partial charge in [0.15, 0.2) is 0 Å². The summed E-state index contributed by atoms with van der Waals surface area (Å²) < 4.78 is 13.1. The number of allylic oxidation sites excluding steroid dienone is 5. The number of benzene rings is 8. The van der Waals surface area contributed by atoms with E-state index in [0.29, 0.717) is 0 Å². The Morgan fingerprint density at radius 3 is 1.61 bits per heavy atom. The van der Waals surface area contributed by atoms with E-state index in [0.717, 1.165) is 57.6 Å². The molecule has 0 radical (unpaired) electrons. The standard InChI is InChI=1S/C69H78BNO.C14H12O/c1-16-25-51(42-49-26-18-17-19-27-49)44-64-60(43-50-35-38-53(39-36-50)66(4,5)6)70(59-45-54(67(7,8)9)37-34-47(59)2)61-46-55(68(10,11)12)40-41-63(61)71(64)62-33-23-21-30-56(62)57-31-24-29-52-28-20-22-32-58(69(13,14)15)48(3)72-65(52)57;1-9-5-3-7-11-12-8-4-6-10(2)14(12)15-13(9)11/h16-41,44-46H,42-43H2,1-15H3;3-8H,1-2H3/b25-16+,28-20?,32-22?,51-44+,58-48?;. The lowest BCUT2D eigenvalue weighted by molar-refractivity contribution is 0.512. The second kappa shape index (κ2) is 24.8. The second-order valence-corrected chi connectivity index (χ2v) is 28.3. The first kappa shape index (κ1) is 61.7. The van der Waals surface area contributed by atoms with E-state index in [2.05, 4.69) is 335 Å². The van der Waals surface area contributed by atoms with Gasteiger partial charge in [-0.3, -0.25) is 0 Å². The van der Waals surface area contributed by atoms with Crippen LogP contribution in [0.2, 0.25) is 0 Å². The molecule has 4 heteroatoms. The molecule has 8 aromatic carbocycles. The molecule has 87 heavy (non-hydrogen) atoms. The van der Waals surface area contributed by atoms with Crippen molar-refractivity contribution in [1.29, 1.82) is 0 Å². The Kier molecular flexibility index (Phi) is 17.6. The van der Waals surface area contributed by atoms with Crippen molar-refractivity contribution in [2.45, 2.75) is 152 Å². The van der Waals surface area contributed by atoms with Crippen LogP contribution in [0, 0.1) is 27.7 Å². The smallest absolute Gasteiger partial charge is 0.242 e. The molecule has 3 nitrogen and oxygen atoms in total. The van der Waals surface area contributed by atoms with E-state index in [4.69, 9.17) is 8.83 Å². The summed E-state index contributed by atoms with van der Waals surface area (Å²) in [5, 5.41) is 3.47. The van der Waals surface area contributed by atoms with Crippen molar-refractivity contribution in [3.63, 3.8) is 0 Å². The normalized spacial score (nSPS) is 13.4. The molecule has 1 aliphatic heterocycles. The number of anilines is 2. The number of hydrogen-bond acceptors (Lipinski definition) is 3. The SMILES string of the molecule is C/C=C/C(=C\C1=C(Cc2ccc(C(C)(C)C)cc2)B(c2cc(C(C)(C)C)ccc2C)c2cc(C(C)(C)C)ccc2N1c1ccccc1-c1cccc2ccccc(C(C)(C)C)c(C)oc12)Cc1ccccc1.Cc1cccc2c1oc1c(C)cccc12. The quantitative estimate of drug-likeness (QED) is 0.107. The van der Waals surface area contributed by atoms with Crippen molar-refractivity contribution in [1.82, 2.24) is 0 Å². The van der Waals surface area contributed by atoms with Crippen LogP contribution in [0.1, 0.15) is 146 Å². The highest BCUT2D eigenvalue weighted by atomic mass is 16.3. The molecule has 0 saturated heterocycles. The zero-order valence-corrected chi connectivity index (χ0v) is 55.0. The van der Waals surface area contributed by atoms with Gasteiger partial charge < -0.3 is 13.7 Å². The van der Waals surface area contributed by atoms with Crippen LogP contribution in [-0.2, 0) is 34.5 Å². The van der Waals surface area contributed by atoms with Gasteiger partial charge in [-0.1, -0.05) is 294 Å². The molecule has 1 aliphatic rings. The minimum Gasteiger partial charge on any atom is -0.460 e. The predicted octanol–water partition coefficient (Wildman–Crippen LogP) is 21.8. The van der Waals surface area contributed by atoms with E-state index >= 15 is 0 Å². The Balaban J connectivity index is 0.000000480. The number of aryl methyl sites for hydroxylation is 4. The van der Waals surface area contributed by atoms with E-state index < -0.39 is 0 Å². The highest BCUT2D eigenvalue weighted by molar-refractivity contribution is 6.92. The summed E-state index contributed by atoms with van der Waals surface area (Å²) in [7, 11) is 0. The van der Waals surface area contributed by atoms with Crippen molar-refractivity contribution in [2.75, 3.05) is 4.90 Å². The summed E-state index contributed by atoms with van der Waals surface area (Å²) in [5.74, 6) is 0.905. The van der Waals surface area contributed by atoms with E-state index in [1.807, 2.05) is 0 Å². The maximum Gasteiger partial charge on any atom is 0.242 e. The fraction of sp³-hybridized carbons (Fsp3) is 0.277. The Hall–Kier alpha value is -8.34. The molecule has 0 unspecified atom stereocenters. The first-order valence-corrected chi connectivity index (χ1v) is 31.4. The van der Waals surface area contributed by atoms with Crippen molar-refractivity contribution in [3.8, 4) is 11.1 Å². The zero-order chi connectivity index (χ0) is 62.2. The van der Waals surface area contributed by atoms with Gasteiger partial charge in [-0.15, -0.1) is 0 Å².